The number of amides is 1. The second-order valence-electron chi connectivity index (χ2n) is 5.50. The Morgan fingerprint density at radius 3 is 2.41 bits per heavy atom. The Morgan fingerprint density at radius 1 is 1.27 bits per heavy atom. The lowest BCUT2D eigenvalue weighted by Gasteiger charge is -2.27. The topological polar surface area (TPSA) is 59.1 Å². The molecule has 2 aromatic rings. The molecule has 22 heavy (non-hydrogen) atoms. The first kappa shape index (κ1) is 16.4. The van der Waals surface area contributed by atoms with Crippen LogP contribution in [0.3, 0.4) is 0 Å². The van der Waals surface area contributed by atoms with Crippen LogP contribution in [0.15, 0.2) is 30.3 Å². The number of rotatable bonds is 5. The average molecular weight is 316 g/mol. The zero-order valence-corrected chi connectivity index (χ0v) is 14.1. The Labute approximate surface area is 134 Å². The molecule has 0 spiro atoms. The third-order valence-electron chi connectivity index (χ3n) is 3.72. The summed E-state index contributed by atoms with van der Waals surface area (Å²) in [6.07, 6.45) is 0.690. The normalized spacial score (nSPS) is 13.5. The van der Waals surface area contributed by atoms with Crippen LogP contribution in [0.2, 0.25) is 0 Å². The van der Waals surface area contributed by atoms with Crippen LogP contribution in [0.1, 0.15) is 57.9 Å². The number of hydrogen-bond acceptors (Lipinski definition) is 4. The van der Waals surface area contributed by atoms with Gasteiger partial charge >= 0.3 is 0 Å². The fraction of sp³-hybridized carbons (Fsp3) is 0.353. The zero-order chi connectivity index (χ0) is 16.3. The molecule has 0 aliphatic heterocycles. The second-order valence-corrected chi connectivity index (χ2v) is 6.49. The summed E-state index contributed by atoms with van der Waals surface area (Å²) in [4.78, 5) is 29.2. The van der Waals surface area contributed by atoms with Crippen LogP contribution in [-0.4, -0.2) is 16.7 Å². The molecule has 0 fully saturated rings. The summed E-state index contributed by atoms with van der Waals surface area (Å²) in [5.74, 6) is -0.128. The number of ketones is 1. The molecule has 1 aromatic heterocycles. The SMILES string of the molecule is CC[C@](C)(NC(=O)c1ccccc1)c1nc(C)c(C(C)=O)s1. The summed E-state index contributed by atoms with van der Waals surface area (Å²) in [5, 5.41) is 3.82. The highest BCUT2D eigenvalue weighted by Gasteiger charge is 2.31. The lowest BCUT2D eigenvalue weighted by Crippen LogP contribution is -2.43. The fourth-order valence-corrected chi connectivity index (χ4v) is 3.30. The van der Waals surface area contributed by atoms with Gasteiger partial charge in [0.1, 0.15) is 5.01 Å². The van der Waals surface area contributed by atoms with E-state index in [-0.39, 0.29) is 11.7 Å². The van der Waals surface area contributed by atoms with Gasteiger partial charge in [-0.15, -0.1) is 11.3 Å². The van der Waals surface area contributed by atoms with Crippen molar-refractivity contribution in [2.24, 2.45) is 0 Å². The van der Waals surface area contributed by atoms with Crippen molar-refractivity contribution in [1.82, 2.24) is 10.3 Å². The molecule has 0 radical (unpaired) electrons. The lowest BCUT2D eigenvalue weighted by molar-refractivity contribution is 0.0901. The van der Waals surface area contributed by atoms with E-state index in [9.17, 15) is 9.59 Å². The summed E-state index contributed by atoms with van der Waals surface area (Å²) < 4.78 is 0. The monoisotopic (exact) mass is 316 g/mol. The number of nitrogens with zero attached hydrogens (tertiary/aromatic N) is 1. The summed E-state index contributed by atoms with van der Waals surface area (Å²) in [7, 11) is 0. The quantitative estimate of drug-likeness (QED) is 0.855. The Morgan fingerprint density at radius 2 is 1.91 bits per heavy atom. The highest BCUT2D eigenvalue weighted by atomic mass is 32.1. The third kappa shape index (κ3) is 3.25. The van der Waals surface area contributed by atoms with Gasteiger partial charge in [0.05, 0.1) is 16.1 Å². The number of hydrogen-bond donors (Lipinski definition) is 1. The maximum Gasteiger partial charge on any atom is 0.252 e. The van der Waals surface area contributed by atoms with Crippen molar-refractivity contribution in [3.8, 4) is 0 Å². The minimum atomic E-state index is -0.587. The van der Waals surface area contributed by atoms with Crippen LogP contribution < -0.4 is 5.32 Å². The van der Waals surface area contributed by atoms with Gasteiger partial charge in [-0.05, 0) is 32.4 Å². The maximum absolute atomic E-state index is 12.4. The number of Topliss-reactive ketones (excluding diaryl/α,β-unsaturated/α-hetero) is 1. The lowest BCUT2D eigenvalue weighted by atomic mass is 9.99. The van der Waals surface area contributed by atoms with Gasteiger partial charge in [-0.25, -0.2) is 4.98 Å². The minimum Gasteiger partial charge on any atom is -0.340 e. The Kier molecular flexibility index (Phi) is 4.76. The van der Waals surface area contributed by atoms with Gasteiger partial charge in [0, 0.05) is 12.5 Å². The molecule has 116 valence electrons. The van der Waals surface area contributed by atoms with E-state index in [1.807, 2.05) is 39.0 Å². The predicted octanol–water partition coefficient (Wildman–Crippen LogP) is 3.71. The molecule has 0 saturated carbocycles. The van der Waals surface area contributed by atoms with Crippen LogP contribution in [0, 0.1) is 6.92 Å². The largest absolute Gasteiger partial charge is 0.340 e. The summed E-state index contributed by atoms with van der Waals surface area (Å²) in [6, 6.07) is 9.09. The van der Waals surface area contributed by atoms with Crippen molar-refractivity contribution in [3.05, 3.63) is 51.5 Å². The first-order valence-corrected chi connectivity index (χ1v) is 8.05. The molecule has 1 heterocycles. The summed E-state index contributed by atoms with van der Waals surface area (Å²) >= 11 is 1.36. The molecule has 0 aliphatic carbocycles. The predicted molar refractivity (Wildman–Crippen MR) is 88.4 cm³/mol. The number of aromatic nitrogens is 1. The van der Waals surface area contributed by atoms with E-state index in [0.717, 1.165) is 10.7 Å². The molecule has 1 aromatic carbocycles. The van der Waals surface area contributed by atoms with E-state index in [4.69, 9.17) is 0 Å². The molecule has 0 bridgehead atoms. The standard InChI is InChI=1S/C17H20N2O2S/c1-5-17(4,16-18-11(2)14(22-16)12(3)20)19-15(21)13-9-7-6-8-10-13/h6-10H,5H2,1-4H3,(H,19,21)/t17-/m0/s1. The first-order valence-electron chi connectivity index (χ1n) is 7.24. The van der Waals surface area contributed by atoms with Gasteiger partial charge < -0.3 is 5.32 Å². The third-order valence-corrected chi connectivity index (χ3v) is 5.24. The van der Waals surface area contributed by atoms with E-state index in [1.54, 1.807) is 12.1 Å². The van der Waals surface area contributed by atoms with Gasteiger partial charge in [-0.1, -0.05) is 25.1 Å². The molecule has 0 aliphatic rings. The minimum absolute atomic E-state index is 0.00842. The first-order chi connectivity index (χ1) is 10.4. The van der Waals surface area contributed by atoms with Crippen LogP contribution in [0.25, 0.3) is 0 Å². The zero-order valence-electron chi connectivity index (χ0n) is 13.3. The molecule has 1 amide bonds. The number of thiazole rings is 1. The fourth-order valence-electron chi connectivity index (χ4n) is 2.16. The van der Waals surface area contributed by atoms with Crippen molar-refractivity contribution >= 4 is 23.0 Å². The number of benzene rings is 1. The van der Waals surface area contributed by atoms with E-state index in [1.165, 1.54) is 18.3 Å². The molecule has 4 nitrogen and oxygen atoms in total. The number of carbonyl (C=O) groups is 2. The summed E-state index contributed by atoms with van der Waals surface area (Å²) in [6.45, 7) is 7.30. The second kappa shape index (κ2) is 6.40. The number of nitrogens with one attached hydrogen (secondary N) is 1. The van der Waals surface area contributed by atoms with E-state index >= 15 is 0 Å². The summed E-state index contributed by atoms with van der Waals surface area (Å²) in [5.41, 5.74) is 0.749. The molecule has 0 saturated heterocycles. The molecule has 1 atom stereocenters. The van der Waals surface area contributed by atoms with Gasteiger partial charge in [0.2, 0.25) is 0 Å². The van der Waals surface area contributed by atoms with Gasteiger partial charge in [-0.3, -0.25) is 9.59 Å². The van der Waals surface area contributed by atoms with Gasteiger partial charge in [0.25, 0.3) is 5.91 Å². The maximum atomic E-state index is 12.4. The molecule has 2 rings (SSSR count). The Balaban J connectivity index is 2.31. The van der Waals surface area contributed by atoms with Crippen LogP contribution >= 0.6 is 11.3 Å². The molecule has 5 heteroatoms. The number of carbonyl (C=O) groups excluding carboxylic acids is 2. The molecular formula is C17H20N2O2S. The van der Waals surface area contributed by atoms with E-state index in [2.05, 4.69) is 10.3 Å². The molecule has 1 N–H and O–H groups in total. The van der Waals surface area contributed by atoms with E-state index in [0.29, 0.717) is 16.9 Å². The highest BCUT2D eigenvalue weighted by molar-refractivity contribution is 7.14. The van der Waals surface area contributed by atoms with Crippen molar-refractivity contribution in [2.75, 3.05) is 0 Å². The number of aryl methyl sites for hydroxylation is 1. The Hall–Kier alpha value is -2.01. The van der Waals surface area contributed by atoms with Crippen molar-refractivity contribution in [1.29, 1.82) is 0 Å². The van der Waals surface area contributed by atoms with Gasteiger partial charge in [0.15, 0.2) is 5.78 Å². The van der Waals surface area contributed by atoms with Crippen molar-refractivity contribution < 1.29 is 9.59 Å². The smallest absolute Gasteiger partial charge is 0.252 e. The van der Waals surface area contributed by atoms with Crippen LogP contribution in [0.4, 0.5) is 0 Å². The van der Waals surface area contributed by atoms with Gasteiger partial charge in [-0.2, -0.15) is 0 Å². The van der Waals surface area contributed by atoms with Crippen molar-refractivity contribution in [2.45, 2.75) is 39.7 Å². The van der Waals surface area contributed by atoms with Crippen LogP contribution in [0.5, 0.6) is 0 Å². The van der Waals surface area contributed by atoms with E-state index < -0.39 is 5.54 Å². The molecular weight excluding hydrogens is 296 g/mol. The van der Waals surface area contributed by atoms with Crippen LogP contribution in [-0.2, 0) is 5.54 Å². The Bertz CT molecular complexity index is 694. The average Bonchev–Trinajstić information content (AvgIpc) is 2.91. The molecule has 0 unspecified atom stereocenters. The van der Waals surface area contributed by atoms with Crippen molar-refractivity contribution in [3.63, 3.8) is 0 Å². The highest BCUT2D eigenvalue weighted by Crippen LogP contribution is 2.31.